The average molecular weight is 413 g/mol. The molecular weight excluding hydrogens is 374 g/mol. The Hall–Kier alpha value is -2.08. The molecule has 4 rings (SSSR count). The van der Waals surface area contributed by atoms with Crippen LogP contribution in [0.2, 0.25) is 0 Å². The van der Waals surface area contributed by atoms with E-state index in [1.807, 2.05) is 17.0 Å². The van der Waals surface area contributed by atoms with E-state index in [0.717, 1.165) is 24.1 Å². The third kappa shape index (κ3) is 5.34. The second-order valence-electron chi connectivity index (χ2n) is 8.95. The molecular formula is C25H38N3O2+3. The van der Waals surface area contributed by atoms with Crippen LogP contribution in [0.25, 0.3) is 0 Å². The van der Waals surface area contributed by atoms with Crippen LogP contribution in [0, 0.1) is 0 Å². The first-order valence-corrected chi connectivity index (χ1v) is 11.5. The maximum absolute atomic E-state index is 5.58. The normalized spacial score (nSPS) is 26.9. The summed E-state index contributed by atoms with van der Waals surface area (Å²) in [6.45, 7) is 9.91. The number of quaternary nitrogens is 3. The van der Waals surface area contributed by atoms with Crippen molar-refractivity contribution in [3.8, 4) is 11.5 Å². The molecule has 5 nitrogen and oxygen atoms in total. The zero-order valence-electron chi connectivity index (χ0n) is 18.6. The van der Waals surface area contributed by atoms with Gasteiger partial charge >= 0.3 is 0 Å². The minimum absolute atomic E-state index is 0.859. The summed E-state index contributed by atoms with van der Waals surface area (Å²) in [4.78, 5) is 5.26. The van der Waals surface area contributed by atoms with Gasteiger partial charge in [-0.2, -0.15) is 0 Å². The van der Waals surface area contributed by atoms with Crippen LogP contribution in [-0.4, -0.2) is 59.5 Å². The van der Waals surface area contributed by atoms with E-state index in [9.17, 15) is 0 Å². The number of likely N-dealkylation sites (tertiary alicyclic amines) is 1. The maximum atomic E-state index is 5.58. The molecule has 3 N–H and O–H groups in total. The molecule has 2 heterocycles. The van der Waals surface area contributed by atoms with E-state index < -0.39 is 0 Å². The molecule has 30 heavy (non-hydrogen) atoms. The Balaban J connectivity index is 1.23. The van der Waals surface area contributed by atoms with Crippen LogP contribution in [0.4, 0.5) is 0 Å². The van der Waals surface area contributed by atoms with Crippen molar-refractivity contribution >= 4 is 0 Å². The highest BCUT2D eigenvalue weighted by molar-refractivity contribution is 5.39. The SMILES string of the molecule is COc1ccc(OC)c(C[NH+]2CC[NH+](C3CC[NH+](Cc4ccccc4)CC3)CC2)c1. The van der Waals surface area contributed by atoms with Gasteiger partial charge in [-0.05, 0) is 18.2 Å². The van der Waals surface area contributed by atoms with Crippen LogP contribution < -0.4 is 24.2 Å². The summed E-state index contributed by atoms with van der Waals surface area (Å²) in [5.41, 5.74) is 2.73. The van der Waals surface area contributed by atoms with Crippen LogP contribution >= 0.6 is 0 Å². The van der Waals surface area contributed by atoms with E-state index >= 15 is 0 Å². The molecule has 2 aromatic carbocycles. The molecule has 0 aliphatic carbocycles. The molecule has 0 amide bonds. The number of ether oxygens (including phenoxy) is 2. The molecule has 0 atom stereocenters. The molecule has 162 valence electrons. The fourth-order valence-corrected chi connectivity index (χ4v) is 5.29. The fraction of sp³-hybridized carbons (Fsp3) is 0.520. The van der Waals surface area contributed by atoms with E-state index in [-0.39, 0.29) is 0 Å². The summed E-state index contributed by atoms with van der Waals surface area (Å²) >= 11 is 0. The van der Waals surface area contributed by atoms with Gasteiger partial charge in [-0.15, -0.1) is 0 Å². The highest BCUT2D eigenvalue weighted by Gasteiger charge is 2.33. The van der Waals surface area contributed by atoms with Crippen molar-refractivity contribution in [2.75, 3.05) is 53.5 Å². The molecule has 2 aliphatic heterocycles. The summed E-state index contributed by atoms with van der Waals surface area (Å²) in [5, 5.41) is 0. The maximum Gasteiger partial charge on any atom is 0.127 e. The number of rotatable bonds is 7. The van der Waals surface area contributed by atoms with Gasteiger partial charge in [0, 0.05) is 18.4 Å². The Morgan fingerprint density at radius 1 is 0.767 bits per heavy atom. The lowest BCUT2D eigenvalue weighted by molar-refractivity contribution is -1.04. The lowest BCUT2D eigenvalue weighted by Gasteiger charge is -2.37. The van der Waals surface area contributed by atoms with Crippen molar-refractivity contribution in [1.82, 2.24) is 0 Å². The van der Waals surface area contributed by atoms with Gasteiger partial charge in [-0.25, -0.2) is 0 Å². The third-order valence-corrected chi connectivity index (χ3v) is 7.09. The average Bonchev–Trinajstić information content (AvgIpc) is 2.81. The largest absolute Gasteiger partial charge is 0.497 e. The molecule has 5 heteroatoms. The number of hydrogen-bond acceptors (Lipinski definition) is 2. The number of nitrogens with one attached hydrogen (secondary N) is 3. The van der Waals surface area contributed by atoms with Gasteiger partial charge in [0.25, 0.3) is 0 Å². The molecule has 0 spiro atoms. The molecule has 2 fully saturated rings. The van der Waals surface area contributed by atoms with Gasteiger partial charge in [0.05, 0.1) is 38.9 Å². The van der Waals surface area contributed by atoms with Gasteiger partial charge in [-0.3, -0.25) is 0 Å². The summed E-state index contributed by atoms with van der Waals surface area (Å²) < 4.78 is 11.0. The van der Waals surface area contributed by atoms with Crippen molar-refractivity contribution in [2.45, 2.75) is 32.0 Å². The fourth-order valence-electron chi connectivity index (χ4n) is 5.29. The second-order valence-corrected chi connectivity index (χ2v) is 8.95. The molecule has 2 saturated heterocycles. The van der Waals surface area contributed by atoms with Crippen LogP contribution in [0.1, 0.15) is 24.0 Å². The Labute approximate surface area is 181 Å². The minimum atomic E-state index is 0.859. The summed E-state index contributed by atoms with van der Waals surface area (Å²) in [7, 11) is 3.49. The van der Waals surface area contributed by atoms with Gasteiger partial charge < -0.3 is 24.2 Å². The lowest BCUT2D eigenvalue weighted by atomic mass is 10.0. The molecule has 0 saturated carbocycles. The quantitative estimate of drug-likeness (QED) is 0.558. The molecule has 0 aromatic heterocycles. The molecule has 2 aliphatic rings. The van der Waals surface area contributed by atoms with Gasteiger partial charge in [0.2, 0.25) is 0 Å². The minimum Gasteiger partial charge on any atom is -0.497 e. The molecule has 0 unspecified atom stereocenters. The highest BCUT2D eigenvalue weighted by atomic mass is 16.5. The topological polar surface area (TPSA) is 31.8 Å². The second kappa shape index (κ2) is 10.3. The molecule has 0 bridgehead atoms. The Kier molecular flexibility index (Phi) is 7.26. The van der Waals surface area contributed by atoms with E-state index in [1.54, 1.807) is 24.0 Å². The number of hydrogen-bond donors (Lipinski definition) is 3. The van der Waals surface area contributed by atoms with Crippen LogP contribution in [0.3, 0.4) is 0 Å². The highest BCUT2D eigenvalue weighted by Crippen LogP contribution is 2.23. The Morgan fingerprint density at radius 3 is 2.13 bits per heavy atom. The number of methoxy groups -OCH3 is 2. The van der Waals surface area contributed by atoms with E-state index in [4.69, 9.17) is 9.47 Å². The first kappa shape index (κ1) is 21.2. The van der Waals surface area contributed by atoms with Crippen molar-refractivity contribution in [1.29, 1.82) is 0 Å². The van der Waals surface area contributed by atoms with E-state index in [1.165, 1.54) is 69.8 Å². The summed E-state index contributed by atoms with van der Waals surface area (Å²) in [6, 6.07) is 18.0. The van der Waals surface area contributed by atoms with Crippen molar-refractivity contribution in [3.63, 3.8) is 0 Å². The Bertz CT molecular complexity index is 782. The standard InChI is InChI=1S/C25H35N3O2/c1-29-24-8-9-25(30-2)22(18-24)20-27-14-16-28(17-15-27)23-10-12-26(13-11-23)19-21-6-4-3-5-7-21/h3-9,18,23H,10-17,19-20H2,1-2H3/p+3. The van der Waals surface area contributed by atoms with E-state index in [0.29, 0.717) is 0 Å². The first-order chi connectivity index (χ1) is 14.7. The van der Waals surface area contributed by atoms with Crippen molar-refractivity contribution in [2.24, 2.45) is 0 Å². The monoisotopic (exact) mass is 412 g/mol. The smallest absolute Gasteiger partial charge is 0.127 e. The van der Waals surface area contributed by atoms with Crippen LogP contribution in [-0.2, 0) is 13.1 Å². The molecule has 0 radical (unpaired) electrons. The third-order valence-electron chi connectivity index (χ3n) is 7.09. The van der Waals surface area contributed by atoms with Crippen LogP contribution in [0.15, 0.2) is 48.5 Å². The Morgan fingerprint density at radius 2 is 1.47 bits per heavy atom. The predicted octanol–water partition coefficient (Wildman–Crippen LogP) is -0.765. The number of benzene rings is 2. The van der Waals surface area contributed by atoms with Crippen molar-refractivity contribution < 1.29 is 24.2 Å². The van der Waals surface area contributed by atoms with Gasteiger partial charge in [0.15, 0.2) is 0 Å². The number of piperidine rings is 1. The zero-order chi connectivity index (χ0) is 20.8. The first-order valence-electron chi connectivity index (χ1n) is 11.5. The zero-order valence-corrected chi connectivity index (χ0v) is 18.6. The molecule has 2 aromatic rings. The van der Waals surface area contributed by atoms with E-state index in [2.05, 4.69) is 36.4 Å². The summed E-state index contributed by atoms with van der Waals surface area (Å²) in [6.07, 6.45) is 2.74. The van der Waals surface area contributed by atoms with Gasteiger partial charge in [0.1, 0.15) is 50.8 Å². The van der Waals surface area contributed by atoms with Crippen LogP contribution in [0.5, 0.6) is 11.5 Å². The summed E-state index contributed by atoms with van der Waals surface area (Å²) in [5.74, 6) is 1.89. The van der Waals surface area contributed by atoms with Crippen molar-refractivity contribution in [3.05, 3.63) is 59.7 Å². The number of piperazine rings is 1. The lowest BCUT2D eigenvalue weighted by Crippen LogP contribution is -3.30. The predicted molar refractivity (Wildman–Crippen MR) is 119 cm³/mol. The van der Waals surface area contributed by atoms with Gasteiger partial charge in [-0.1, -0.05) is 30.3 Å².